The number of rotatable bonds is 0. The molecule has 13 heavy (non-hydrogen) atoms. The third-order valence-electron chi connectivity index (χ3n) is 1.82. The Bertz CT molecular complexity index is 464. The van der Waals surface area contributed by atoms with Gasteiger partial charge in [0.1, 0.15) is 0 Å². The second kappa shape index (κ2) is 3.42. The summed E-state index contributed by atoms with van der Waals surface area (Å²) in [5, 5.41) is 12.4. The maximum Gasteiger partial charge on any atom is 0.238 e. The lowest BCUT2D eigenvalue weighted by atomic mass is 10.2. The van der Waals surface area contributed by atoms with Crippen LogP contribution in [0, 0.1) is 8.78 Å². The zero-order chi connectivity index (χ0) is 9.42. The number of nitrogens with zero attached hydrogens (tertiary/aromatic N) is 1. The van der Waals surface area contributed by atoms with Crippen molar-refractivity contribution in [2.24, 2.45) is 0 Å². The summed E-state index contributed by atoms with van der Waals surface area (Å²) in [6.07, 6.45) is 1.51. The smallest absolute Gasteiger partial charge is 0.238 e. The zero-order valence-electron chi connectivity index (χ0n) is 6.50. The monoisotopic (exact) mass is 349 g/mol. The molecule has 0 aliphatic heterocycles. The van der Waals surface area contributed by atoms with Crippen LogP contribution in [0.25, 0.3) is 10.9 Å². The fourth-order valence-corrected chi connectivity index (χ4v) is 2.39. The zero-order valence-corrected chi connectivity index (χ0v) is 10.2. The van der Waals surface area contributed by atoms with Crippen LogP contribution in [0.3, 0.4) is 0 Å². The molecule has 66 valence electrons. The number of fused-ring (bicyclic) bond motifs is 1. The Labute approximate surface area is 97.4 Å². The van der Waals surface area contributed by atoms with E-state index >= 15 is 0 Å². The molecule has 0 saturated carbocycles. The van der Waals surface area contributed by atoms with Gasteiger partial charge in [-0.3, -0.25) is 0 Å². The number of hydrogen-bond donors (Lipinski definition) is 0. The number of hydrogen-bond acceptors (Lipinski definition) is 1. The quantitative estimate of drug-likeness (QED) is 0.408. The Morgan fingerprint density at radius 1 is 1.31 bits per heavy atom. The molecule has 1 heterocycles. The molecule has 1 aromatic heterocycles. The van der Waals surface area contributed by atoms with Crippen LogP contribution < -0.4 is 4.73 Å². The molecule has 0 amide bonds. The van der Waals surface area contributed by atoms with E-state index in [-0.39, 0.29) is 0 Å². The Hall–Kier alpha value is -0.360. The number of pyridine rings is 1. The van der Waals surface area contributed by atoms with Crippen molar-refractivity contribution >= 4 is 49.4 Å². The van der Waals surface area contributed by atoms with E-state index < -0.39 is 0 Å². The molecule has 0 radical (unpaired) electrons. The predicted molar refractivity (Wildman–Crippen MR) is 63.3 cm³/mol. The van der Waals surface area contributed by atoms with Crippen LogP contribution in [-0.4, -0.2) is 0 Å². The topological polar surface area (TPSA) is 26.9 Å². The van der Waals surface area contributed by atoms with E-state index in [1.54, 1.807) is 6.07 Å². The van der Waals surface area contributed by atoms with Gasteiger partial charge in [0.25, 0.3) is 0 Å². The van der Waals surface area contributed by atoms with E-state index in [1.807, 2.05) is 18.2 Å². The molecular formula is C9H5BrINO. The van der Waals surface area contributed by atoms with Crippen molar-refractivity contribution in [3.8, 4) is 0 Å². The van der Waals surface area contributed by atoms with Gasteiger partial charge >= 0.3 is 0 Å². The van der Waals surface area contributed by atoms with Gasteiger partial charge in [0, 0.05) is 10.5 Å². The standard InChI is InChI=1S/C9H5BrINO/c10-7-3-4-8(11)9-6(7)2-1-5-12(9)13/h1-5H. The summed E-state index contributed by atoms with van der Waals surface area (Å²) >= 11 is 5.57. The average molecular weight is 350 g/mol. The maximum atomic E-state index is 11.4. The normalized spacial score (nSPS) is 10.6. The molecule has 1 aromatic carbocycles. The van der Waals surface area contributed by atoms with Gasteiger partial charge in [0.15, 0.2) is 6.20 Å². The Morgan fingerprint density at radius 3 is 2.77 bits per heavy atom. The van der Waals surface area contributed by atoms with Crippen LogP contribution in [0.4, 0.5) is 0 Å². The minimum atomic E-state index is 0.720. The third kappa shape index (κ3) is 1.52. The van der Waals surface area contributed by atoms with Crippen LogP contribution in [0.2, 0.25) is 0 Å². The van der Waals surface area contributed by atoms with Crippen LogP contribution in [0.15, 0.2) is 34.9 Å². The molecule has 2 rings (SSSR count). The maximum absolute atomic E-state index is 11.4. The van der Waals surface area contributed by atoms with Gasteiger partial charge in [-0.05, 0) is 56.7 Å². The highest BCUT2D eigenvalue weighted by molar-refractivity contribution is 14.1. The highest BCUT2D eigenvalue weighted by Crippen LogP contribution is 2.24. The lowest BCUT2D eigenvalue weighted by molar-refractivity contribution is -0.577. The molecule has 0 aliphatic carbocycles. The summed E-state index contributed by atoms with van der Waals surface area (Å²) < 4.78 is 2.81. The summed E-state index contributed by atoms with van der Waals surface area (Å²) in [7, 11) is 0. The molecule has 0 bridgehead atoms. The molecular weight excluding hydrogens is 345 g/mol. The Balaban J connectivity index is 3.00. The number of halogens is 2. The second-order valence-corrected chi connectivity index (χ2v) is 4.64. The van der Waals surface area contributed by atoms with E-state index in [0.717, 1.165) is 23.7 Å². The largest absolute Gasteiger partial charge is 0.618 e. The first-order valence-electron chi connectivity index (χ1n) is 3.66. The van der Waals surface area contributed by atoms with Crippen molar-refractivity contribution in [3.63, 3.8) is 0 Å². The van der Waals surface area contributed by atoms with Crippen LogP contribution in [0.5, 0.6) is 0 Å². The fraction of sp³-hybridized carbons (Fsp3) is 0. The average Bonchev–Trinajstić information content (AvgIpc) is 2.12. The van der Waals surface area contributed by atoms with Crippen molar-refractivity contribution in [2.45, 2.75) is 0 Å². The van der Waals surface area contributed by atoms with Gasteiger partial charge in [0.05, 0.1) is 8.96 Å². The van der Waals surface area contributed by atoms with Crippen molar-refractivity contribution in [3.05, 3.63) is 43.7 Å². The Kier molecular flexibility index (Phi) is 2.42. The number of aromatic nitrogens is 1. The van der Waals surface area contributed by atoms with Gasteiger partial charge < -0.3 is 5.21 Å². The van der Waals surface area contributed by atoms with Crippen LogP contribution in [0.1, 0.15) is 0 Å². The highest BCUT2D eigenvalue weighted by Gasteiger charge is 2.09. The molecule has 0 fully saturated rings. The lowest BCUT2D eigenvalue weighted by Crippen LogP contribution is -2.26. The summed E-state index contributed by atoms with van der Waals surface area (Å²) in [6.45, 7) is 0. The van der Waals surface area contributed by atoms with Crippen LogP contribution in [-0.2, 0) is 0 Å². The molecule has 0 aliphatic rings. The summed E-state index contributed by atoms with van der Waals surface area (Å²) in [5.74, 6) is 0. The van der Waals surface area contributed by atoms with Crippen LogP contribution >= 0.6 is 38.5 Å². The minimum Gasteiger partial charge on any atom is -0.618 e. The molecule has 2 nitrogen and oxygen atoms in total. The minimum absolute atomic E-state index is 0.720. The summed E-state index contributed by atoms with van der Waals surface area (Å²) in [6, 6.07) is 7.54. The van der Waals surface area contributed by atoms with Gasteiger partial charge in [-0.2, -0.15) is 4.73 Å². The fourth-order valence-electron chi connectivity index (χ4n) is 1.23. The lowest BCUT2D eigenvalue weighted by Gasteiger charge is -2.03. The Morgan fingerprint density at radius 2 is 2.08 bits per heavy atom. The van der Waals surface area contributed by atoms with Crippen molar-refractivity contribution in [1.82, 2.24) is 0 Å². The van der Waals surface area contributed by atoms with Gasteiger partial charge in [-0.25, -0.2) is 0 Å². The van der Waals surface area contributed by atoms with Crippen molar-refractivity contribution in [2.75, 3.05) is 0 Å². The van der Waals surface area contributed by atoms with E-state index in [9.17, 15) is 5.21 Å². The van der Waals surface area contributed by atoms with E-state index in [1.165, 1.54) is 6.20 Å². The molecule has 2 aromatic rings. The van der Waals surface area contributed by atoms with E-state index in [4.69, 9.17) is 0 Å². The summed E-state index contributed by atoms with van der Waals surface area (Å²) in [5.41, 5.74) is 0.720. The predicted octanol–water partition coefficient (Wildman–Crippen LogP) is 2.84. The summed E-state index contributed by atoms with van der Waals surface area (Å²) in [4.78, 5) is 0. The van der Waals surface area contributed by atoms with Gasteiger partial charge in [-0.1, -0.05) is 0 Å². The molecule has 0 spiro atoms. The first-order chi connectivity index (χ1) is 6.20. The van der Waals surface area contributed by atoms with Crippen molar-refractivity contribution < 1.29 is 4.73 Å². The molecule has 0 saturated heterocycles. The number of benzene rings is 1. The SMILES string of the molecule is [O-][n+]1cccc2c(Br)ccc(I)c21. The second-order valence-electron chi connectivity index (χ2n) is 2.63. The molecule has 0 unspecified atom stereocenters. The van der Waals surface area contributed by atoms with E-state index in [2.05, 4.69) is 38.5 Å². The highest BCUT2D eigenvalue weighted by atomic mass is 127. The van der Waals surface area contributed by atoms with E-state index in [0.29, 0.717) is 0 Å². The van der Waals surface area contributed by atoms with Crippen molar-refractivity contribution in [1.29, 1.82) is 0 Å². The van der Waals surface area contributed by atoms with Gasteiger partial charge in [-0.15, -0.1) is 0 Å². The molecule has 4 heteroatoms. The first kappa shape index (κ1) is 9.21. The third-order valence-corrected chi connectivity index (χ3v) is 3.38. The molecule has 0 N–H and O–H groups in total. The molecule has 0 atom stereocenters. The first-order valence-corrected chi connectivity index (χ1v) is 5.53. The van der Waals surface area contributed by atoms with Gasteiger partial charge in [0.2, 0.25) is 5.52 Å².